The van der Waals surface area contributed by atoms with Gasteiger partial charge >= 0.3 is 6.18 Å². The first-order chi connectivity index (χ1) is 16.3. The Bertz CT molecular complexity index is 1240. The van der Waals surface area contributed by atoms with Gasteiger partial charge in [-0.05, 0) is 29.3 Å². The highest BCUT2D eigenvalue weighted by Gasteiger charge is 2.42. The van der Waals surface area contributed by atoms with Crippen LogP contribution in [-0.2, 0) is 24.1 Å². The van der Waals surface area contributed by atoms with Crippen molar-refractivity contribution in [2.24, 2.45) is 4.99 Å². The van der Waals surface area contributed by atoms with Crippen molar-refractivity contribution in [1.29, 1.82) is 0 Å². The van der Waals surface area contributed by atoms with Crippen LogP contribution in [0.1, 0.15) is 28.7 Å². The van der Waals surface area contributed by atoms with E-state index in [-0.39, 0.29) is 18.0 Å². The van der Waals surface area contributed by atoms with E-state index in [0.29, 0.717) is 44.1 Å². The monoisotopic (exact) mass is 464 g/mol. The van der Waals surface area contributed by atoms with E-state index in [2.05, 4.69) is 15.8 Å². The van der Waals surface area contributed by atoms with E-state index in [1.165, 1.54) is 17.0 Å². The molecule has 0 saturated carbocycles. The standard InChI is InChI=1S/C26H23F3N4O/c1-2-18-6-5-7-19(14-18)15-31-12-10-23-21(17-31)24(34)33(25-30-11-13-32(23)25)16-20-8-3-4-9-22(20)26(27,28)29/h1,3-9,14H,10-13,15-17H2. The van der Waals surface area contributed by atoms with Gasteiger partial charge in [-0.3, -0.25) is 19.6 Å². The summed E-state index contributed by atoms with van der Waals surface area (Å²) in [4.78, 5) is 23.6. The summed E-state index contributed by atoms with van der Waals surface area (Å²) in [7, 11) is 0. The third-order valence-corrected chi connectivity index (χ3v) is 6.43. The normalized spacial score (nSPS) is 18.5. The lowest BCUT2D eigenvalue weighted by Gasteiger charge is -2.42. The van der Waals surface area contributed by atoms with Gasteiger partial charge in [0.2, 0.25) is 5.96 Å². The Morgan fingerprint density at radius 1 is 1.06 bits per heavy atom. The first-order valence-electron chi connectivity index (χ1n) is 11.1. The predicted octanol–water partition coefficient (Wildman–Crippen LogP) is 3.86. The largest absolute Gasteiger partial charge is 0.416 e. The van der Waals surface area contributed by atoms with Crippen molar-refractivity contribution >= 4 is 11.9 Å². The molecule has 5 rings (SSSR count). The van der Waals surface area contributed by atoms with Crippen LogP contribution in [0.2, 0.25) is 0 Å². The molecule has 8 heteroatoms. The van der Waals surface area contributed by atoms with Gasteiger partial charge in [-0.25, -0.2) is 0 Å². The topological polar surface area (TPSA) is 39.2 Å². The maximum atomic E-state index is 13.6. The molecule has 3 aliphatic heterocycles. The number of aliphatic imine (C=N–C) groups is 1. The van der Waals surface area contributed by atoms with Crippen molar-refractivity contribution in [2.75, 3.05) is 26.2 Å². The molecule has 0 unspecified atom stereocenters. The molecule has 3 aliphatic rings. The number of terminal acetylenes is 1. The van der Waals surface area contributed by atoms with Crippen molar-refractivity contribution in [1.82, 2.24) is 14.7 Å². The molecule has 174 valence electrons. The number of hydrogen-bond acceptors (Lipinski definition) is 4. The molecule has 0 N–H and O–H groups in total. The molecular weight excluding hydrogens is 441 g/mol. The quantitative estimate of drug-likeness (QED) is 0.646. The fraction of sp³-hybridized carbons (Fsp3) is 0.308. The van der Waals surface area contributed by atoms with Gasteiger partial charge in [0.05, 0.1) is 24.2 Å². The maximum Gasteiger partial charge on any atom is 0.416 e. The SMILES string of the molecule is C#Cc1cccc(CN2CCC3=C(C2)C(=O)N(Cc2ccccc2C(F)(F)F)C2=NCCN23)c1. The van der Waals surface area contributed by atoms with E-state index < -0.39 is 11.7 Å². The summed E-state index contributed by atoms with van der Waals surface area (Å²) in [6.07, 6.45) is 1.70. The number of hydrogen-bond donors (Lipinski definition) is 0. The molecule has 0 atom stereocenters. The average Bonchev–Trinajstić information content (AvgIpc) is 3.31. The molecule has 0 spiro atoms. The molecular formula is C26H23F3N4O. The van der Waals surface area contributed by atoms with Crippen molar-refractivity contribution in [2.45, 2.75) is 25.7 Å². The predicted molar refractivity (Wildman–Crippen MR) is 122 cm³/mol. The summed E-state index contributed by atoms with van der Waals surface area (Å²) in [6, 6.07) is 13.1. The van der Waals surface area contributed by atoms with Crippen LogP contribution in [0.5, 0.6) is 0 Å². The molecule has 3 heterocycles. The first-order valence-corrected chi connectivity index (χ1v) is 11.1. The lowest BCUT2D eigenvalue weighted by atomic mass is 9.99. The Morgan fingerprint density at radius 2 is 1.88 bits per heavy atom. The third kappa shape index (κ3) is 4.08. The molecule has 2 aromatic carbocycles. The van der Waals surface area contributed by atoms with Crippen LogP contribution in [0.15, 0.2) is 64.8 Å². The Hall–Kier alpha value is -3.57. The number of guanidine groups is 1. The van der Waals surface area contributed by atoms with E-state index in [0.717, 1.165) is 29.4 Å². The van der Waals surface area contributed by atoms with Crippen molar-refractivity contribution in [3.8, 4) is 12.3 Å². The minimum Gasteiger partial charge on any atom is -0.314 e. The number of halogens is 3. The van der Waals surface area contributed by atoms with Crippen molar-refractivity contribution < 1.29 is 18.0 Å². The number of carbonyl (C=O) groups is 1. The van der Waals surface area contributed by atoms with Gasteiger partial charge in [0.15, 0.2) is 0 Å². The van der Waals surface area contributed by atoms with Crippen molar-refractivity contribution in [3.63, 3.8) is 0 Å². The Labute approximate surface area is 196 Å². The molecule has 0 radical (unpaired) electrons. The van der Waals surface area contributed by atoms with Crippen LogP contribution in [0.3, 0.4) is 0 Å². The Kier molecular flexibility index (Phi) is 5.66. The number of rotatable bonds is 4. The average molecular weight is 464 g/mol. The third-order valence-electron chi connectivity index (χ3n) is 6.43. The van der Waals surface area contributed by atoms with Gasteiger partial charge in [0, 0.05) is 43.9 Å². The Morgan fingerprint density at radius 3 is 2.68 bits per heavy atom. The van der Waals surface area contributed by atoms with E-state index >= 15 is 0 Å². The zero-order chi connectivity index (χ0) is 23.9. The highest BCUT2D eigenvalue weighted by Crippen LogP contribution is 2.35. The molecule has 0 fully saturated rings. The molecule has 0 aromatic heterocycles. The molecule has 5 nitrogen and oxygen atoms in total. The highest BCUT2D eigenvalue weighted by molar-refractivity contribution is 6.09. The summed E-state index contributed by atoms with van der Waals surface area (Å²) in [5.41, 5.74) is 2.75. The molecule has 0 saturated heterocycles. The summed E-state index contributed by atoms with van der Waals surface area (Å²) < 4.78 is 40.7. The van der Waals surface area contributed by atoms with Gasteiger partial charge in [0.1, 0.15) is 0 Å². The second-order valence-electron chi connectivity index (χ2n) is 8.61. The number of nitrogens with zero attached hydrogens (tertiary/aromatic N) is 4. The number of alkyl halides is 3. The minimum absolute atomic E-state index is 0.0562. The number of amides is 1. The van der Waals surface area contributed by atoms with Gasteiger partial charge in [-0.15, -0.1) is 6.42 Å². The summed E-state index contributed by atoms with van der Waals surface area (Å²) in [5.74, 6) is 2.82. The fourth-order valence-corrected chi connectivity index (χ4v) is 4.87. The lowest BCUT2D eigenvalue weighted by Crippen LogP contribution is -2.53. The summed E-state index contributed by atoms with van der Waals surface area (Å²) >= 11 is 0. The highest BCUT2D eigenvalue weighted by atomic mass is 19.4. The minimum atomic E-state index is -4.49. The number of benzene rings is 2. The van der Waals surface area contributed by atoms with E-state index in [1.54, 1.807) is 6.07 Å². The van der Waals surface area contributed by atoms with Gasteiger partial charge < -0.3 is 4.90 Å². The van der Waals surface area contributed by atoms with Crippen LogP contribution >= 0.6 is 0 Å². The molecule has 0 aliphatic carbocycles. The first kappa shape index (κ1) is 22.2. The number of carbonyl (C=O) groups excluding carboxylic acids is 1. The molecule has 2 aromatic rings. The van der Waals surface area contributed by atoms with E-state index in [9.17, 15) is 18.0 Å². The number of fused-ring (bicyclic) bond motifs is 2. The van der Waals surface area contributed by atoms with E-state index in [1.807, 2.05) is 29.2 Å². The maximum absolute atomic E-state index is 13.6. The van der Waals surface area contributed by atoms with Gasteiger partial charge in [-0.1, -0.05) is 36.3 Å². The fourth-order valence-electron chi connectivity index (χ4n) is 4.87. The van der Waals surface area contributed by atoms with Crippen LogP contribution in [0, 0.1) is 12.3 Å². The second-order valence-corrected chi connectivity index (χ2v) is 8.61. The van der Waals surface area contributed by atoms with Crippen LogP contribution in [0.25, 0.3) is 0 Å². The van der Waals surface area contributed by atoms with Crippen LogP contribution in [0.4, 0.5) is 13.2 Å². The Balaban J connectivity index is 1.42. The zero-order valence-corrected chi connectivity index (χ0v) is 18.5. The smallest absolute Gasteiger partial charge is 0.314 e. The second kappa shape index (κ2) is 8.65. The van der Waals surface area contributed by atoms with E-state index in [4.69, 9.17) is 6.42 Å². The van der Waals surface area contributed by atoms with Gasteiger partial charge in [0.25, 0.3) is 5.91 Å². The summed E-state index contributed by atoms with van der Waals surface area (Å²) in [5, 5.41) is 0. The van der Waals surface area contributed by atoms with Crippen molar-refractivity contribution in [3.05, 3.63) is 82.1 Å². The lowest BCUT2D eigenvalue weighted by molar-refractivity contribution is -0.139. The summed E-state index contributed by atoms with van der Waals surface area (Å²) in [6.45, 7) is 2.80. The molecule has 34 heavy (non-hydrogen) atoms. The zero-order valence-electron chi connectivity index (χ0n) is 18.5. The molecule has 1 amide bonds. The van der Waals surface area contributed by atoms with Gasteiger partial charge in [-0.2, -0.15) is 13.2 Å². The van der Waals surface area contributed by atoms with Crippen LogP contribution < -0.4 is 0 Å². The van der Waals surface area contributed by atoms with Crippen LogP contribution in [-0.4, -0.2) is 52.7 Å². The molecule has 0 bridgehead atoms.